The van der Waals surface area contributed by atoms with Crippen molar-refractivity contribution in [3.05, 3.63) is 89.5 Å². The van der Waals surface area contributed by atoms with Gasteiger partial charge in [0.05, 0.1) is 27.7 Å². The maximum Gasteiger partial charge on any atom is 0.308 e. The van der Waals surface area contributed by atoms with Gasteiger partial charge < -0.3 is 9.47 Å². The fraction of sp³-hybridized carbons (Fsp3) is 0.0833. The molecule has 5 nitrogen and oxygen atoms in total. The smallest absolute Gasteiger partial charge is 0.308 e. The first-order chi connectivity index (χ1) is 14.5. The van der Waals surface area contributed by atoms with Crippen LogP contribution < -0.4 is 9.47 Å². The highest BCUT2D eigenvalue weighted by molar-refractivity contribution is 7.95. The first kappa shape index (κ1) is 19.8. The summed E-state index contributed by atoms with van der Waals surface area (Å²) >= 11 is 0. The number of ketones is 1. The lowest BCUT2D eigenvalue weighted by Crippen LogP contribution is -2.04. The van der Waals surface area contributed by atoms with Gasteiger partial charge in [0.2, 0.25) is 0 Å². The van der Waals surface area contributed by atoms with Crippen molar-refractivity contribution in [2.24, 2.45) is 0 Å². The zero-order valence-electron chi connectivity index (χ0n) is 16.4. The Bertz CT molecular complexity index is 1190. The average molecular weight is 418 g/mol. The van der Waals surface area contributed by atoms with Crippen molar-refractivity contribution >= 4 is 33.0 Å². The maximum atomic E-state index is 13.4. The fourth-order valence-corrected chi connectivity index (χ4v) is 4.89. The van der Waals surface area contributed by atoms with Gasteiger partial charge in [-0.15, -0.1) is 0 Å². The third-order valence-corrected chi connectivity index (χ3v) is 6.29. The predicted molar refractivity (Wildman–Crippen MR) is 115 cm³/mol. The van der Waals surface area contributed by atoms with Gasteiger partial charge in [-0.3, -0.25) is 9.59 Å². The van der Waals surface area contributed by atoms with Gasteiger partial charge in [-0.2, -0.15) is 0 Å². The summed E-state index contributed by atoms with van der Waals surface area (Å²) in [6, 6.07) is 20.7. The Morgan fingerprint density at radius 1 is 0.833 bits per heavy atom. The third-order valence-electron chi connectivity index (χ3n) is 4.73. The van der Waals surface area contributed by atoms with E-state index in [9.17, 15) is 13.8 Å². The second kappa shape index (κ2) is 8.08. The van der Waals surface area contributed by atoms with E-state index in [-0.39, 0.29) is 5.78 Å². The van der Waals surface area contributed by atoms with Crippen LogP contribution in [0.5, 0.6) is 11.5 Å². The third kappa shape index (κ3) is 3.57. The van der Waals surface area contributed by atoms with Gasteiger partial charge in [-0.25, -0.2) is 4.21 Å². The number of methoxy groups -OCH3 is 1. The van der Waals surface area contributed by atoms with Gasteiger partial charge in [0.15, 0.2) is 5.78 Å². The molecule has 1 atom stereocenters. The standard InChI is InChI=1S/C24H18O5S/c1-15(25)29-19-13-9-17(10-14-19)24-22(20-5-3-4-6-21(20)30(24)27)23(26)16-7-11-18(28-2)12-8-16/h3-14H,1-2H3. The molecule has 0 saturated heterocycles. The number of hydrogen-bond acceptors (Lipinski definition) is 5. The van der Waals surface area contributed by atoms with Gasteiger partial charge >= 0.3 is 5.97 Å². The van der Waals surface area contributed by atoms with E-state index in [1.54, 1.807) is 67.8 Å². The Kier molecular flexibility index (Phi) is 5.33. The minimum Gasteiger partial charge on any atom is -0.497 e. The Balaban J connectivity index is 1.84. The molecule has 0 aliphatic carbocycles. The predicted octanol–water partition coefficient (Wildman–Crippen LogP) is 4.49. The number of carbonyl (C=O) groups is 2. The number of ether oxygens (including phenoxy) is 2. The lowest BCUT2D eigenvalue weighted by molar-refractivity contribution is -0.131. The van der Waals surface area contributed by atoms with Gasteiger partial charge in [0, 0.05) is 23.6 Å². The van der Waals surface area contributed by atoms with Crippen molar-refractivity contribution in [3.63, 3.8) is 0 Å². The molecule has 0 bridgehead atoms. The van der Waals surface area contributed by atoms with Crippen molar-refractivity contribution < 1.29 is 23.3 Å². The zero-order valence-corrected chi connectivity index (χ0v) is 17.2. The molecule has 0 saturated carbocycles. The second-order valence-corrected chi connectivity index (χ2v) is 8.03. The molecule has 1 unspecified atom stereocenters. The fourth-order valence-electron chi connectivity index (χ4n) is 3.36. The van der Waals surface area contributed by atoms with E-state index in [4.69, 9.17) is 9.47 Å². The highest BCUT2D eigenvalue weighted by Crippen LogP contribution is 2.43. The molecule has 6 heteroatoms. The number of allylic oxidation sites excluding steroid dienone is 1. The quantitative estimate of drug-likeness (QED) is 0.347. The number of benzene rings is 3. The van der Waals surface area contributed by atoms with Gasteiger partial charge in [0.25, 0.3) is 0 Å². The van der Waals surface area contributed by atoms with Crippen LogP contribution in [0.1, 0.15) is 28.4 Å². The number of carbonyl (C=O) groups excluding carboxylic acids is 2. The zero-order chi connectivity index (χ0) is 21.3. The molecule has 150 valence electrons. The summed E-state index contributed by atoms with van der Waals surface area (Å²) in [6.45, 7) is 1.32. The first-order valence-electron chi connectivity index (χ1n) is 9.22. The highest BCUT2D eigenvalue weighted by Gasteiger charge is 2.33. The van der Waals surface area contributed by atoms with E-state index in [1.807, 2.05) is 12.1 Å². The first-order valence-corrected chi connectivity index (χ1v) is 10.4. The van der Waals surface area contributed by atoms with Crippen LogP contribution in [0.2, 0.25) is 0 Å². The molecule has 1 aliphatic rings. The summed E-state index contributed by atoms with van der Waals surface area (Å²) in [4.78, 5) is 25.7. The molecular formula is C24H18O5S. The van der Waals surface area contributed by atoms with Crippen LogP contribution in [0, 0.1) is 0 Å². The van der Waals surface area contributed by atoms with Crippen molar-refractivity contribution in [3.8, 4) is 11.5 Å². The number of rotatable bonds is 5. The minimum atomic E-state index is -1.51. The van der Waals surface area contributed by atoms with Crippen LogP contribution >= 0.6 is 0 Å². The Morgan fingerprint density at radius 3 is 2.10 bits per heavy atom. The number of esters is 1. The molecule has 3 aromatic carbocycles. The highest BCUT2D eigenvalue weighted by atomic mass is 32.2. The lowest BCUT2D eigenvalue weighted by Gasteiger charge is -2.09. The lowest BCUT2D eigenvalue weighted by atomic mass is 9.94. The Hall–Kier alpha value is -3.51. The molecule has 30 heavy (non-hydrogen) atoms. The maximum absolute atomic E-state index is 13.4. The molecule has 3 aromatic rings. The summed E-state index contributed by atoms with van der Waals surface area (Å²) in [5.74, 6) is 0.401. The summed E-state index contributed by atoms with van der Waals surface area (Å²) in [5, 5.41) is 0. The van der Waals surface area contributed by atoms with Crippen molar-refractivity contribution in [2.45, 2.75) is 11.8 Å². The summed E-state index contributed by atoms with van der Waals surface area (Å²) in [6.07, 6.45) is 0. The van der Waals surface area contributed by atoms with E-state index >= 15 is 0 Å². The van der Waals surface area contributed by atoms with Crippen LogP contribution in [-0.4, -0.2) is 23.1 Å². The Morgan fingerprint density at radius 2 is 1.47 bits per heavy atom. The van der Waals surface area contributed by atoms with Gasteiger partial charge in [0.1, 0.15) is 11.5 Å². The topological polar surface area (TPSA) is 69.7 Å². The molecule has 0 N–H and O–H groups in total. The Labute approximate surface area is 176 Å². The molecule has 0 aromatic heterocycles. The van der Waals surface area contributed by atoms with E-state index in [1.165, 1.54) is 6.92 Å². The summed E-state index contributed by atoms with van der Waals surface area (Å²) in [7, 11) is 0.0548. The molecule has 0 fully saturated rings. The molecule has 1 aliphatic heterocycles. The molecule has 0 radical (unpaired) electrons. The normalized spacial score (nSPS) is 14.9. The van der Waals surface area contributed by atoms with E-state index in [2.05, 4.69) is 0 Å². The van der Waals surface area contributed by atoms with Crippen molar-refractivity contribution in [1.29, 1.82) is 0 Å². The molecule has 0 spiro atoms. The monoisotopic (exact) mass is 418 g/mol. The van der Waals surface area contributed by atoms with Gasteiger partial charge in [-0.05, 0) is 48.0 Å². The average Bonchev–Trinajstić information content (AvgIpc) is 3.06. The summed E-state index contributed by atoms with van der Waals surface area (Å²) < 4.78 is 23.5. The molecule has 0 amide bonds. The van der Waals surface area contributed by atoms with Crippen LogP contribution in [0.3, 0.4) is 0 Å². The van der Waals surface area contributed by atoms with Crippen molar-refractivity contribution in [2.75, 3.05) is 7.11 Å². The number of hydrogen-bond donors (Lipinski definition) is 0. The SMILES string of the molecule is COc1ccc(C(=O)C2=C(c3ccc(OC(C)=O)cc3)S(=O)c3ccccc32)cc1. The van der Waals surface area contributed by atoms with E-state index in [0.29, 0.717) is 43.6 Å². The largest absolute Gasteiger partial charge is 0.497 e. The van der Waals surface area contributed by atoms with Crippen LogP contribution in [0.25, 0.3) is 10.5 Å². The second-order valence-electron chi connectivity index (χ2n) is 6.64. The molecule has 4 rings (SSSR count). The van der Waals surface area contributed by atoms with Gasteiger partial charge in [-0.1, -0.05) is 30.3 Å². The number of fused-ring (bicyclic) bond motifs is 1. The van der Waals surface area contributed by atoms with Crippen LogP contribution in [0.15, 0.2) is 77.7 Å². The van der Waals surface area contributed by atoms with Crippen LogP contribution in [-0.2, 0) is 15.6 Å². The van der Waals surface area contributed by atoms with Crippen LogP contribution in [0.4, 0.5) is 0 Å². The number of Topliss-reactive ketones (excluding diaryl/α,β-unsaturated/α-hetero) is 1. The summed E-state index contributed by atoms with van der Waals surface area (Å²) in [5.41, 5.74) is 2.19. The van der Waals surface area contributed by atoms with Crippen molar-refractivity contribution in [1.82, 2.24) is 0 Å². The minimum absolute atomic E-state index is 0.213. The molecule has 1 heterocycles. The molecular weight excluding hydrogens is 400 g/mol. The van der Waals surface area contributed by atoms with E-state index in [0.717, 1.165) is 0 Å². The van der Waals surface area contributed by atoms with E-state index < -0.39 is 16.8 Å².